The number of hydrogen-bond acceptors (Lipinski definition) is 3. The van der Waals surface area contributed by atoms with Crippen molar-refractivity contribution >= 4 is 0 Å². The monoisotopic (exact) mass is 254 g/mol. The van der Waals surface area contributed by atoms with Gasteiger partial charge in [0.15, 0.2) is 0 Å². The predicted molar refractivity (Wildman–Crippen MR) is 76.0 cm³/mol. The molecule has 0 aromatic heterocycles. The van der Waals surface area contributed by atoms with Crippen LogP contribution < -0.4 is 5.32 Å². The number of unbranched alkanes of at least 4 members (excludes halogenated alkanes) is 2. The number of ether oxygens (including phenoxy) is 1. The first-order valence-corrected chi connectivity index (χ1v) is 7.96. The van der Waals surface area contributed by atoms with E-state index >= 15 is 0 Å². The minimum absolute atomic E-state index is 0.515. The molecule has 3 heteroatoms. The fraction of sp³-hybridized carbons (Fsp3) is 1.00. The molecule has 1 N–H and O–H groups in total. The van der Waals surface area contributed by atoms with E-state index in [1.807, 2.05) is 0 Å². The van der Waals surface area contributed by atoms with Crippen molar-refractivity contribution in [3.63, 3.8) is 0 Å². The van der Waals surface area contributed by atoms with E-state index in [4.69, 9.17) is 4.74 Å². The molecule has 1 aliphatic heterocycles. The molecule has 18 heavy (non-hydrogen) atoms. The van der Waals surface area contributed by atoms with Gasteiger partial charge < -0.3 is 15.0 Å². The third kappa shape index (κ3) is 5.68. The van der Waals surface area contributed by atoms with E-state index in [1.165, 1.54) is 64.6 Å². The van der Waals surface area contributed by atoms with Crippen LogP contribution in [0.1, 0.15) is 51.9 Å². The summed E-state index contributed by atoms with van der Waals surface area (Å²) in [6.45, 7) is 8.04. The first-order chi connectivity index (χ1) is 8.88. The fourth-order valence-corrected chi connectivity index (χ4v) is 2.69. The van der Waals surface area contributed by atoms with Crippen LogP contribution in [0.2, 0.25) is 0 Å². The fourth-order valence-electron chi connectivity index (χ4n) is 2.69. The molecule has 2 rings (SSSR count). The molecule has 0 aromatic carbocycles. The van der Waals surface area contributed by atoms with E-state index in [2.05, 4.69) is 17.1 Å². The lowest BCUT2D eigenvalue weighted by Gasteiger charge is -2.23. The largest absolute Gasteiger partial charge is 0.377 e. The summed E-state index contributed by atoms with van der Waals surface area (Å²) in [5.74, 6) is 0. The van der Waals surface area contributed by atoms with E-state index < -0.39 is 0 Å². The maximum Gasteiger partial charge on any atom is 0.0702 e. The summed E-state index contributed by atoms with van der Waals surface area (Å²) in [6.07, 6.45) is 9.90. The standard InChI is InChI=1S/C15H30N2O/c1-2-17(13-15-7-6-12-18-15)11-5-3-4-10-16-14-8-9-14/h14-16H,2-13H2,1H3. The molecule has 1 aliphatic carbocycles. The first-order valence-electron chi connectivity index (χ1n) is 7.96. The lowest BCUT2D eigenvalue weighted by Crippen LogP contribution is -2.33. The molecule has 1 saturated carbocycles. The molecule has 2 aliphatic rings. The Morgan fingerprint density at radius 1 is 1.17 bits per heavy atom. The Bertz CT molecular complexity index is 213. The lowest BCUT2D eigenvalue weighted by molar-refractivity contribution is 0.0742. The van der Waals surface area contributed by atoms with E-state index in [9.17, 15) is 0 Å². The molecule has 3 nitrogen and oxygen atoms in total. The Hall–Kier alpha value is -0.120. The summed E-state index contributed by atoms with van der Waals surface area (Å²) in [4.78, 5) is 2.56. The second kappa shape index (κ2) is 8.13. The van der Waals surface area contributed by atoms with E-state index in [-0.39, 0.29) is 0 Å². The SMILES string of the molecule is CCN(CCCCCNC1CC1)CC1CCCO1. The van der Waals surface area contributed by atoms with Gasteiger partial charge in [-0.15, -0.1) is 0 Å². The number of nitrogens with one attached hydrogen (secondary N) is 1. The number of nitrogens with zero attached hydrogens (tertiary/aromatic N) is 1. The van der Waals surface area contributed by atoms with E-state index in [0.717, 1.165) is 19.2 Å². The Kier molecular flexibility index (Phi) is 6.46. The minimum Gasteiger partial charge on any atom is -0.377 e. The first kappa shape index (κ1) is 14.3. The zero-order chi connectivity index (χ0) is 12.6. The molecule has 106 valence electrons. The zero-order valence-electron chi connectivity index (χ0n) is 12.0. The highest BCUT2D eigenvalue weighted by molar-refractivity contribution is 4.80. The van der Waals surface area contributed by atoms with E-state index in [0.29, 0.717) is 6.10 Å². The van der Waals surface area contributed by atoms with Crippen LogP contribution in [0.4, 0.5) is 0 Å². The van der Waals surface area contributed by atoms with Gasteiger partial charge in [0.1, 0.15) is 0 Å². The van der Waals surface area contributed by atoms with Crippen LogP contribution in [0, 0.1) is 0 Å². The van der Waals surface area contributed by atoms with Gasteiger partial charge in [-0.1, -0.05) is 13.3 Å². The summed E-state index contributed by atoms with van der Waals surface area (Å²) in [5.41, 5.74) is 0. The summed E-state index contributed by atoms with van der Waals surface area (Å²) < 4.78 is 5.71. The van der Waals surface area contributed by atoms with Crippen molar-refractivity contribution in [1.82, 2.24) is 10.2 Å². The lowest BCUT2D eigenvalue weighted by atomic mass is 10.2. The molecule has 1 saturated heterocycles. The molecule has 2 fully saturated rings. The van der Waals surface area contributed by atoms with Crippen molar-refractivity contribution in [2.45, 2.75) is 64.0 Å². The summed E-state index contributed by atoms with van der Waals surface area (Å²) >= 11 is 0. The molecule has 0 radical (unpaired) electrons. The van der Waals surface area contributed by atoms with Crippen LogP contribution in [-0.2, 0) is 4.74 Å². The highest BCUT2D eigenvalue weighted by atomic mass is 16.5. The summed E-state index contributed by atoms with van der Waals surface area (Å²) in [5, 5.41) is 3.58. The topological polar surface area (TPSA) is 24.5 Å². The van der Waals surface area contributed by atoms with Crippen molar-refractivity contribution < 1.29 is 4.74 Å². The molecule has 1 heterocycles. The zero-order valence-corrected chi connectivity index (χ0v) is 12.0. The van der Waals surface area contributed by atoms with Gasteiger partial charge in [0.2, 0.25) is 0 Å². The van der Waals surface area contributed by atoms with Crippen LogP contribution in [0.15, 0.2) is 0 Å². The normalized spacial score (nSPS) is 24.0. The smallest absolute Gasteiger partial charge is 0.0702 e. The van der Waals surface area contributed by atoms with Crippen LogP contribution in [0.3, 0.4) is 0 Å². The van der Waals surface area contributed by atoms with Gasteiger partial charge in [-0.05, 0) is 58.2 Å². The molecule has 0 spiro atoms. The Balaban J connectivity index is 1.44. The van der Waals surface area contributed by atoms with Gasteiger partial charge in [0.05, 0.1) is 6.10 Å². The number of hydrogen-bond donors (Lipinski definition) is 1. The van der Waals surface area contributed by atoms with Crippen molar-refractivity contribution in [2.24, 2.45) is 0 Å². The maximum atomic E-state index is 5.71. The van der Waals surface area contributed by atoms with Gasteiger partial charge in [-0.3, -0.25) is 0 Å². The highest BCUT2D eigenvalue weighted by Gasteiger charge is 2.19. The third-order valence-electron chi connectivity index (χ3n) is 4.09. The Morgan fingerprint density at radius 3 is 2.72 bits per heavy atom. The van der Waals surface area contributed by atoms with Crippen LogP contribution in [-0.4, -0.2) is 49.8 Å². The predicted octanol–water partition coefficient (Wildman–Crippen LogP) is 2.41. The molecular weight excluding hydrogens is 224 g/mol. The quantitative estimate of drug-likeness (QED) is 0.606. The molecule has 0 bridgehead atoms. The van der Waals surface area contributed by atoms with Gasteiger partial charge in [0.25, 0.3) is 0 Å². The van der Waals surface area contributed by atoms with Crippen LogP contribution in [0.5, 0.6) is 0 Å². The Morgan fingerprint density at radius 2 is 2.06 bits per heavy atom. The van der Waals surface area contributed by atoms with Crippen LogP contribution in [0.25, 0.3) is 0 Å². The summed E-state index contributed by atoms with van der Waals surface area (Å²) in [7, 11) is 0. The van der Waals surface area contributed by atoms with Crippen molar-refractivity contribution in [2.75, 3.05) is 32.8 Å². The van der Waals surface area contributed by atoms with Crippen molar-refractivity contribution in [3.8, 4) is 0 Å². The molecule has 0 amide bonds. The maximum absolute atomic E-state index is 5.71. The van der Waals surface area contributed by atoms with Crippen molar-refractivity contribution in [3.05, 3.63) is 0 Å². The molecular formula is C15H30N2O. The third-order valence-corrected chi connectivity index (χ3v) is 4.09. The average Bonchev–Trinajstić information content (AvgIpc) is 3.07. The average molecular weight is 254 g/mol. The summed E-state index contributed by atoms with van der Waals surface area (Å²) in [6, 6.07) is 0.872. The van der Waals surface area contributed by atoms with Crippen molar-refractivity contribution in [1.29, 1.82) is 0 Å². The molecule has 1 unspecified atom stereocenters. The van der Waals surface area contributed by atoms with Crippen LogP contribution >= 0.6 is 0 Å². The number of likely N-dealkylation sites (N-methyl/N-ethyl adjacent to an activating group) is 1. The van der Waals surface area contributed by atoms with E-state index in [1.54, 1.807) is 0 Å². The van der Waals surface area contributed by atoms with Gasteiger partial charge in [-0.25, -0.2) is 0 Å². The minimum atomic E-state index is 0.515. The van der Waals surface area contributed by atoms with Gasteiger partial charge >= 0.3 is 0 Å². The Labute approximate surface area is 112 Å². The highest BCUT2D eigenvalue weighted by Crippen LogP contribution is 2.18. The molecule has 1 atom stereocenters. The second-order valence-corrected chi connectivity index (χ2v) is 5.82. The number of rotatable bonds is 10. The van der Waals surface area contributed by atoms with Gasteiger partial charge in [-0.2, -0.15) is 0 Å². The van der Waals surface area contributed by atoms with Gasteiger partial charge in [0, 0.05) is 19.2 Å². The molecule has 0 aromatic rings. The second-order valence-electron chi connectivity index (χ2n) is 5.82.